The predicted octanol–water partition coefficient (Wildman–Crippen LogP) is 4.33. The van der Waals surface area contributed by atoms with Crippen molar-refractivity contribution in [2.45, 2.75) is 24.7 Å². The fourth-order valence-corrected chi connectivity index (χ4v) is 4.97. The molecule has 1 N–H and O–H groups in total. The number of hydrogen-bond donors (Lipinski definition) is 1. The molecule has 0 aliphatic carbocycles. The summed E-state index contributed by atoms with van der Waals surface area (Å²) < 4.78 is 35.3. The van der Waals surface area contributed by atoms with Crippen LogP contribution in [0.3, 0.4) is 0 Å². The maximum Gasteiger partial charge on any atom is 0.226 e. The number of benzene rings is 2. The topological polar surface area (TPSA) is 94.6 Å². The van der Waals surface area contributed by atoms with E-state index in [1.165, 1.54) is 11.3 Å². The van der Waals surface area contributed by atoms with Gasteiger partial charge in [-0.2, -0.15) is 0 Å². The number of nitrogens with one attached hydrogen (secondary N) is 1. The van der Waals surface area contributed by atoms with E-state index in [1.54, 1.807) is 44.6 Å². The lowest BCUT2D eigenvalue weighted by Crippen LogP contribution is -2.14. The molecule has 2 aromatic carbocycles. The normalized spacial score (nSPS) is 11.2. The van der Waals surface area contributed by atoms with Gasteiger partial charge in [0.25, 0.3) is 0 Å². The third-order valence-corrected chi connectivity index (χ3v) is 7.20. The molecular weight excluding hydrogens is 436 g/mol. The van der Waals surface area contributed by atoms with Crippen LogP contribution in [0.1, 0.15) is 18.4 Å². The summed E-state index contributed by atoms with van der Waals surface area (Å²) in [4.78, 5) is 16.9. The van der Waals surface area contributed by atoms with Gasteiger partial charge >= 0.3 is 0 Å². The van der Waals surface area contributed by atoms with Gasteiger partial charge in [0.05, 0.1) is 30.6 Å². The maximum atomic E-state index is 12.4. The average molecular weight is 461 g/mol. The molecule has 0 radical (unpaired) electrons. The molecule has 0 atom stereocenters. The summed E-state index contributed by atoms with van der Waals surface area (Å²) in [6, 6.07) is 12.2. The van der Waals surface area contributed by atoms with Crippen LogP contribution >= 0.6 is 11.3 Å². The summed E-state index contributed by atoms with van der Waals surface area (Å²) in [7, 11) is -0.273. The van der Waals surface area contributed by atoms with E-state index < -0.39 is 9.84 Å². The number of hydrogen-bond acceptors (Lipinski definition) is 7. The Kier molecular flexibility index (Phi) is 7.29. The first-order valence-corrected chi connectivity index (χ1v) is 12.1. The van der Waals surface area contributed by atoms with Crippen LogP contribution in [0.4, 0.5) is 5.13 Å². The molecule has 0 saturated carbocycles. The van der Waals surface area contributed by atoms with Crippen LogP contribution in [-0.2, 0) is 14.6 Å². The first-order chi connectivity index (χ1) is 14.8. The predicted molar refractivity (Wildman–Crippen MR) is 122 cm³/mol. The van der Waals surface area contributed by atoms with Crippen molar-refractivity contribution in [3.05, 3.63) is 53.4 Å². The molecule has 0 fully saturated rings. The van der Waals surface area contributed by atoms with E-state index in [4.69, 9.17) is 9.47 Å². The highest BCUT2D eigenvalue weighted by Crippen LogP contribution is 2.33. The molecule has 31 heavy (non-hydrogen) atoms. The van der Waals surface area contributed by atoms with Gasteiger partial charge in [-0.3, -0.25) is 4.79 Å². The highest BCUT2D eigenvalue weighted by molar-refractivity contribution is 7.91. The minimum atomic E-state index is -3.41. The number of anilines is 1. The van der Waals surface area contributed by atoms with E-state index in [1.807, 2.05) is 24.4 Å². The zero-order chi connectivity index (χ0) is 22.4. The van der Waals surface area contributed by atoms with Crippen molar-refractivity contribution in [3.8, 4) is 22.8 Å². The molecule has 0 bridgehead atoms. The Hall–Kier alpha value is -2.91. The van der Waals surface area contributed by atoms with Crippen molar-refractivity contribution in [2.24, 2.45) is 0 Å². The standard InChI is InChI=1S/C22H24N2O5S2/c1-15-6-9-17(10-7-15)31(26,27)12-4-5-21(25)24-22-23-18(14-30-22)16-8-11-19(28-2)20(13-16)29-3/h6-11,13-14H,4-5,12H2,1-3H3,(H,23,24,25). The lowest BCUT2D eigenvalue weighted by Gasteiger charge is -2.08. The van der Waals surface area contributed by atoms with Crippen LogP contribution in [0.5, 0.6) is 11.5 Å². The molecule has 0 unspecified atom stereocenters. The molecule has 3 aromatic rings. The van der Waals surface area contributed by atoms with Crippen molar-refractivity contribution in [3.63, 3.8) is 0 Å². The number of rotatable bonds is 9. The molecule has 7 nitrogen and oxygen atoms in total. The quantitative estimate of drug-likeness (QED) is 0.511. The van der Waals surface area contributed by atoms with E-state index >= 15 is 0 Å². The van der Waals surface area contributed by atoms with Crippen LogP contribution in [0.2, 0.25) is 0 Å². The first-order valence-electron chi connectivity index (χ1n) is 9.59. The van der Waals surface area contributed by atoms with Crippen molar-refractivity contribution >= 4 is 32.2 Å². The van der Waals surface area contributed by atoms with Crippen molar-refractivity contribution in [1.82, 2.24) is 4.98 Å². The third kappa shape index (κ3) is 5.83. The summed E-state index contributed by atoms with van der Waals surface area (Å²) in [5.41, 5.74) is 2.52. The number of ether oxygens (including phenoxy) is 2. The number of sulfone groups is 1. The van der Waals surface area contributed by atoms with Crippen LogP contribution in [-0.4, -0.2) is 39.3 Å². The summed E-state index contributed by atoms with van der Waals surface area (Å²) in [5, 5.41) is 5.02. The van der Waals surface area contributed by atoms with Gasteiger partial charge in [0.2, 0.25) is 5.91 Å². The summed E-state index contributed by atoms with van der Waals surface area (Å²) >= 11 is 1.30. The molecule has 1 aromatic heterocycles. The van der Waals surface area contributed by atoms with Crippen LogP contribution in [0, 0.1) is 6.92 Å². The Bertz CT molecular complexity index is 1150. The zero-order valence-corrected chi connectivity index (χ0v) is 19.2. The second-order valence-electron chi connectivity index (χ2n) is 6.89. The fourth-order valence-electron chi connectivity index (χ4n) is 2.93. The van der Waals surface area contributed by atoms with Gasteiger partial charge in [-0.25, -0.2) is 13.4 Å². The number of nitrogens with zero attached hydrogens (tertiary/aromatic N) is 1. The Morgan fingerprint density at radius 1 is 1.06 bits per heavy atom. The van der Waals surface area contributed by atoms with Crippen molar-refractivity contribution in [1.29, 1.82) is 0 Å². The van der Waals surface area contributed by atoms with Gasteiger partial charge in [-0.05, 0) is 43.7 Å². The smallest absolute Gasteiger partial charge is 0.226 e. The largest absolute Gasteiger partial charge is 0.493 e. The number of methoxy groups -OCH3 is 2. The van der Waals surface area contributed by atoms with Crippen molar-refractivity contribution < 1.29 is 22.7 Å². The van der Waals surface area contributed by atoms with E-state index in [2.05, 4.69) is 10.3 Å². The highest BCUT2D eigenvalue weighted by Gasteiger charge is 2.16. The molecule has 0 saturated heterocycles. The number of carbonyl (C=O) groups is 1. The molecule has 0 spiro atoms. The van der Waals surface area contributed by atoms with Crippen LogP contribution in [0.25, 0.3) is 11.3 Å². The lowest BCUT2D eigenvalue weighted by molar-refractivity contribution is -0.116. The molecule has 0 aliphatic rings. The first kappa shape index (κ1) is 22.8. The summed E-state index contributed by atoms with van der Waals surface area (Å²) in [6.07, 6.45) is 0.326. The number of aryl methyl sites for hydroxylation is 1. The van der Waals surface area contributed by atoms with Gasteiger partial charge in [-0.15, -0.1) is 11.3 Å². The number of aromatic nitrogens is 1. The van der Waals surface area contributed by atoms with E-state index in [0.717, 1.165) is 11.1 Å². The van der Waals surface area contributed by atoms with Gasteiger partial charge < -0.3 is 14.8 Å². The summed E-state index contributed by atoms with van der Waals surface area (Å²) in [6.45, 7) is 1.90. The monoisotopic (exact) mass is 460 g/mol. The second-order valence-corrected chi connectivity index (χ2v) is 9.86. The average Bonchev–Trinajstić information content (AvgIpc) is 3.21. The second kappa shape index (κ2) is 9.93. The number of carbonyl (C=O) groups excluding carboxylic acids is 1. The molecule has 0 aliphatic heterocycles. The Morgan fingerprint density at radius 3 is 2.45 bits per heavy atom. The van der Waals surface area contributed by atoms with Gasteiger partial charge in [-0.1, -0.05) is 17.7 Å². The van der Waals surface area contributed by atoms with Gasteiger partial charge in [0.15, 0.2) is 26.5 Å². The van der Waals surface area contributed by atoms with E-state index in [0.29, 0.717) is 22.3 Å². The van der Waals surface area contributed by atoms with Crippen molar-refractivity contribution in [2.75, 3.05) is 25.3 Å². The highest BCUT2D eigenvalue weighted by atomic mass is 32.2. The Balaban J connectivity index is 1.56. The number of thiazole rings is 1. The van der Waals surface area contributed by atoms with E-state index in [-0.39, 0.29) is 29.4 Å². The third-order valence-electron chi connectivity index (χ3n) is 4.63. The lowest BCUT2D eigenvalue weighted by atomic mass is 10.1. The fraction of sp³-hybridized carbons (Fsp3) is 0.273. The molecule has 1 heterocycles. The zero-order valence-electron chi connectivity index (χ0n) is 17.5. The van der Waals surface area contributed by atoms with Gasteiger partial charge in [0.1, 0.15) is 0 Å². The van der Waals surface area contributed by atoms with Crippen LogP contribution in [0.15, 0.2) is 52.7 Å². The SMILES string of the molecule is COc1ccc(-c2csc(NC(=O)CCCS(=O)(=O)c3ccc(C)cc3)n2)cc1OC. The molecule has 1 amide bonds. The minimum Gasteiger partial charge on any atom is -0.493 e. The molecule has 3 rings (SSSR count). The van der Waals surface area contributed by atoms with Gasteiger partial charge in [0, 0.05) is 17.4 Å². The van der Waals surface area contributed by atoms with Crippen LogP contribution < -0.4 is 14.8 Å². The Morgan fingerprint density at radius 2 is 1.77 bits per heavy atom. The Labute approximate surface area is 186 Å². The molecule has 164 valence electrons. The molecular formula is C22H24N2O5S2. The molecule has 9 heteroatoms. The maximum absolute atomic E-state index is 12.4. The van der Waals surface area contributed by atoms with E-state index in [9.17, 15) is 13.2 Å². The minimum absolute atomic E-state index is 0.0851. The summed E-state index contributed by atoms with van der Waals surface area (Å²) in [5.74, 6) is 0.856. The number of amides is 1.